The zero-order valence-electron chi connectivity index (χ0n) is 11.7. The normalized spacial score (nSPS) is 25.2. The molecule has 3 N–H and O–H groups in total. The molecule has 0 bridgehead atoms. The molecule has 1 amide bonds. The lowest BCUT2D eigenvalue weighted by Gasteiger charge is -2.30. The first-order chi connectivity index (χ1) is 8.68. The van der Waals surface area contributed by atoms with Crippen LogP contribution in [-0.4, -0.2) is 19.0 Å². The molecule has 2 fully saturated rings. The summed E-state index contributed by atoms with van der Waals surface area (Å²) < 4.78 is 0. The van der Waals surface area contributed by atoms with Crippen molar-refractivity contribution in [3.05, 3.63) is 0 Å². The first kappa shape index (κ1) is 13.9. The lowest BCUT2D eigenvalue weighted by atomic mass is 9.79. The minimum absolute atomic E-state index is 0.222. The molecule has 0 aromatic rings. The number of hydrogen-bond donors (Lipinski definition) is 2. The van der Waals surface area contributed by atoms with Crippen LogP contribution in [0.3, 0.4) is 0 Å². The van der Waals surface area contributed by atoms with Crippen molar-refractivity contribution in [2.45, 2.75) is 58.3 Å². The van der Waals surface area contributed by atoms with Crippen LogP contribution in [0.25, 0.3) is 0 Å². The highest BCUT2D eigenvalue weighted by molar-refractivity contribution is 5.82. The Balaban J connectivity index is 1.86. The van der Waals surface area contributed by atoms with E-state index >= 15 is 0 Å². The molecule has 104 valence electrons. The summed E-state index contributed by atoms with van der Waals surface area (Å²) >= 11 is 0. The Kier molecular flexibility index (Phi) is 4.66. The van der Waals surface area contributed by atoms with E-state index in [1.165, 1.54) is 25.7 Å². The molecule has 0 aromatic carbocycles. The highest BCUT2D eigenvalue weighted by Crippen LogP contribution is 2.37. The SMILES string of the molecule is CC(CNC(=O)C1(CN)CCCCCC1)C1CC1. The molecule has 18 heavy (non-hydrogen) atoms. The Labute approximate surface area is 111 Å². The van der Waals surface area contributed by atoms with Gasteiger partial charge in [-0.25, -0.2) is 0 Å². The summed E-state index contributed by atoms with van der Waals surface area (Å²) in [6.45, 7) is 3.60. The van der Waals surface area contributed by atoms with Gasteiger partial charge in [-0.2, -0.15) is 0 Å². The Morgan fingerprint density at radius 3 is 2.39 bits per heavy atom. The molecule has 0 aromatic heterocycles. The van der Waals surface area contributed by atoms with E-state index in [-0.39, 0.29) is 11.3 Å². The van der Waals surface area contributed by atoms with Gasteiger partial charge in [-0.15, -0.1) is 0 Å². The average molecular weight is 252 g/mol. The van der Waals surface area contributed by atoms with Crippen molar-refractivity contribution in [1.82, 2.24) is 5.32 Å². The van der Waals surface area contributed by atoms with Crippen LogP contribution in [0.5, 0.6) is 0 Å². The zero-order valence-corrected chi connectivity index (χ0v) is 11.7. The molecule has 3 nitrogen and oxygen atoms in total. The van der Waals surface area contributed by atoms with Crippen LogP contribution >= 0.6 is 0 Å². The largest absolute Gasteiger partial charge is 0.355 e. The third kappa shape index (κ3) is 3.25. The van der Waals surface area contributed by atoms with E-state index in [1.54, 1.807) is 0 Å². The number of amides is 1. The Morgan fingerprint density at radius 2 is 1.89 bits per heavy atom. The smallest absolute Gasteiger partial charge is 0.227 e. The quantitative estimate of drug-likeness (QED) is 0.738. The van der Waals surface area contributed by atoms with Crippen molar-refractivity contribution in [2.24, 2.45) is 23.0 Å². The van der Waals surface area contributed by atoms with E-state index in [2.05, 4.69) is 12.2 Å². The molecule has 2 rings (SSSR count). The molecular weight excluding hydrogens is 224 g/mol. The van der Waals surface area contributed by atoms with E-state index in [0.717, 1.165) is 38.1 Å². The van der Waals surface area contributed by atoms with E-state index < -0.39 is 0 Å². The van der Waals surface area contributed by atoms with Gasteiger partial charge in [0.2, 0.25) is 5.91 Å². The summed E-state index contributed by atoms with van der Waals surface area (Å²) in [5.41, 5.74) is 5.66. The molecule has 0 radical (unpaired) electrons. The predicted octanol–water partition coefficient (Wildman–Crippen LogP) is 2.45. The van der Waals surface area contributed by atoms with E-state index in [1.807, 2.05) is 0 Å². The van der Waals surface area contributed by atoms with Crippen molar-refractivity contribution < 1.29 is 4.79 Å². The van der Waals surface area contributed by atoms with Gasteiger partial charge in [0.05, 0.1) is 5.41 Å². The Bertz CT molecular complexity index is 278. The van der Waals surface area contributed by atoms with Crippen LogP contribution in [0.15, 0.2) is 0 Å². The molecular formula is C15H28N2O. The first-order valence-corrected chi connectivity index (χ1v) is 7.66. The van der Waals surface area contributed by atoms with Crippen LogP contribution < -0.4 is 11.1 Å². The van der Waals surface area contributed by atoms with Crippen molar-refractivity contribution in [3.63, 3.8) is 0 Å². The maximum Gasteiger partial charge on any atom is 0.227 e. The number of nitrogens with one attached hydrogen (secondary N) is 1. The standard InChI is InChI=1S/C15H28N2O/c1-12(13-6-7-13)10-17-14(18)15(11-16)8-4-2-3-5-9-15/h12-13H,2-11,16H2,1H3,(H,17,18). The zero-order chi connectivity index (χ0) is 13.0. The van der Waals surface area contributed by atoms with Crippen molar-refractivity contribution in [1.29, 1.82) is 0 Å². The fourth-order valence-electron chi connectivity index (χ4n) is 3.20. The molecule has 0 saturated heterocycles. The van der Waals surface area contributed by atoms with Crippen LogP contribution in [-0.2, 0) is 4.79 Å². The van der Waals surface area contributed by atoms with Crippen LogP contribution in [0, 0.1) is 17.3 Å². The van der Waals surface area contributed by atoms with Crippen molar-refractivity contribution >= 4 is 5.91 Å². The highest BCUT2D eigenvalue weighted by Gasteiger charge is 2.37. The Hall–Kier alpha value is -0.570. The maximum atomic E-state index is 12.5. The lowest BCUT2D eigenvalue weighted by Crippen LogP contribution is -2.47. The summed E-state index contributed by atoms with van der Waals surface area (Å²) in [4.78, 5) is 12.5. The highest BCUT2D eigenvalue weighted by atomic mass is 16.2. The number of rotatable bonds is 5. The van der Waals surface area contributed by atoms with Crippen LogP contribution in [0.1, 0.15) is 58.3 Å². The molecule has 0 spiro atoms. The molecule has 1 atom stereocenters. The predicted molar refractivity (Wildman–Crippen MR) is 74.1 cm³/mol. The summed E-state index contributed by atoms with van der Waals surface area (Å²) in [5.74, 6) is 1.71. The van der Waals surface area contributed by atoms with Crippen LogP contribution in [0.2, 0.25) is 0 Å². The number of carbonyl (C=O) groups excluding carboxylic acids is 1. The van der Waals surface area contributed by atoms with Crippen molar-refractivity contribution in [2.75, 3.05) is 13.1 Å². The van der Waals surface area contributed by atoms with Gasteiger partial charge in [0.25, 0.3) is 0 Å². The molecule has 2 aliphatic carbocycles. The van der Waals surface area contributed by atoms with Gasteiger partial charge in [0.1, 0.15) is 0 Å². The topological polar surface area (TPSA) is 55.1 Å². The second-order valence-electron chi connectivity index (χ2n) is 6.42. The Morgan fingerprint density at radius 1 is 1.28 bits per heavy atom. The number of nitrogens with two attached hydrogens (primary N) is 1. The average Bonchev–Trinajstić information content (AvgIpc) is 3.21. The van der Waals surface area contributed by atoms with Gasteiger partial charge >= 0.3 is 0 Å². The molecule has 3 heteroatoms. The summed E-state index contributed by atoms with van der Waals surface area (Å²) in [7, 11) is 0. The van der Waals surface area contributed by atoms with Gasteiger partial charge in [-0.05, 0) is 37.5 Å². The summed E-state index contributed by atoms with van der Waals surface area (Å²) in [6, 6.07) is 0. The molecule has 2 saturated carbocycles. The third-order valence-corrected chi connectivity index (χ3v) is 4.94. The number of hydrogen-bond acceptors (Lipinski definition) is 2. The second-order valence-corrected chi connectivity index (χ2v) is 6.42. The van der Waals surface area contributed by atoms with E-state index in [0.29, 0.717) is 12.5 Å². The van der Waals surface area contributed by atoms with Gasteiger partial charge in [0, 0.05) is 13.1 Å². The second kappa shape index (κ2) is 6.05. The molecule has 1 unspecified atom stereocenters. The minimum atomic E-state index is -0.264. The molecule has 2 aliphatic rings. The third-order valence-electron chi connectivity index (χ3n) is 4.94. The monoisotopic (exact) mass is 252 g/mol. The minimum Gasteiger partial charge on any atom is -0.355 e. The summed E-state index contributed by atoms with van der Waals surface area (Å²) in [5, 5.41) is 3.17. The van der Waals surface area contributed by atoms with Gasteiger partial charge in [-0.1, -0.05) is 32.6 Å². The lowest BCUT2D eigenvalue weighted by molar-refractivity contribution is -0.131. The fourth-order valence-corrected chi connectivity index (χ4v) is 3.20. The van der Waals surface area contributed by atoms with Gasteiger partial charge in [-0.3, -0.25) is 4.79 Å². The molecule has 0 aliphatic heterocycles. The van der Waals surface area contributed by atoms with Crippen molar-refractivity contribution in [3.8, 4) is 0 Å². The number of carbonyl (C=O) groups is 1. The first-order valence-electron chi connectivity index (χ1n) is 7.66. The van der Waals surface area contributed by atoms with Gasteiger partial charge < -0.3 is 11.1 Å². The summed E-state index contributed by atoms with van der Waals surface area (Å²) in [6.07, 6.45) is 9.48. The fraction of sp³-hybridized carbons (Fsp3) is 0.933. The van der Waals surface area contributed by atoms with E-state index in [9.17, 15) is 4.79 Å². The molecule has 0 heterocycles. The van der Waals surface area contributed by atoms with Crippen LogP contribution in [0.4, 0.5) is 0 Å². The van der Waals surface area contributed by atoms with Gasteiger partial charge in [0.15, 0.2) is 0 Å². The maximum absolute atomic E-state index is 12.5. The van der Waals surface area contributed by atoms with E-state index in [4.69, 9.17) is 5.73 Å².